The lowest BCUT2D eigenvalue weighted by Gasteiger charge is -2.24. The number of carbonyl (C=O) groups is 1. The second-order valence-electron chi connectivity index (χ2n) is 5.84. The zero-order valence-corrected chi connectivity index (χ0v) is 13.2. The summed E-state index contributed by atoms with van der Waals surface area (Å²) in [6.45, 7) is 7.44. The predicted molar refractivity (Wildman–Crippen MR) is 86.0 cm³/mol. The van der Waals surface area contributed by atoms with Gasteiger partial charge in [0, 0.05) is 26.2 Å². The average molecular weight is 289 g/mol. The Morgan fingerprint density at radius 1 is 1.38 bits per heavy atom. The largest absolute Gasteiger partial charge is 0.342 e. The molecule has 0 bridgehead atoms. The van der Waals surface area contributed by atoms with Gasteiger partial charge in [0.05, 0.1) is 6.54 Å². The summed E-state index contributed by atoms with van der Waals surface area (Å²) in [6, 6.07) is 10.6. The van der Waals surface area contributed by atoms with Gasteiger partial charge in [0.25, 0.3) is 0 Å². The van der Waals surface area contributed by atoms with Gasteiger partial charge in [-0.25, -0.2) is 0 Å². The number of benzene rings is 1. The van der Waals surface area contributed by atoms with E-state index in [1.165, 1.54) is 12.0 Å². The number of nitrogens with zero attached hydrogens (tertiary/aromatic N) is 2. The predicted octanol–water partition coefficient (Wildman–Crippen LogP) is 1.58. The fourth-order valence-electron chi connectivity index (χ4n) is 3.03. The first-order valence-corrected chi connectivity index (χ1v) is 7.91. The molecule has 116 valence electrons. The smallest absolute Gasteiger partial charge is 0.236 e. The van der Waals surface area contributed by atoms with Crippen molar-refractivity contribution in [3.8, 4) is 0 Å². The van der Waals surface area contributed by atoms with Gasteiger partial charge in [-0.15, -0.1) is 0 Å². The highest BCUT2D eigenvalue weighted by Gasteiger charge is 2.25. The molecule has 1 atom stereocenters. The van der Waals surface area contributed by atoms with Crippen LogP contribution in [0.1, 0.15) is 18.9 Å². The van der Waals surface area contributed by atoms with Gasteiger partial charge >= 0.3 is 0 Å². The summed E-state index contributed by atoms with van der Waals surface area (Å²) < 4.78 is 0. The molecule has 0 aliphatic carbocycles. The third kappa shape index (κ3) is 4.83. The van der Waals surface area contributed by atoms with Gasteiger partial charge in [0.1, 0.15) is 0 Å². The summed E-state index contributed by atoms with van der Waals surface area (Å²) in [6.07, 6.45) is 1.19. The molecule has 2 rings (SSSR count). The van der Waals surface area contributed by atoms with E-state index in [4.69, 9.17) is 0 Å². The van der Waals surface area contributed by atoms with E-state index in [2.05, 4.69) is 47.5 Å². The van der Waals surface area contributed by atoms with Crippen molar-refractivity contribution in [2.24, 2.45) is 5.92 Å². The van der Waals surface area contributed by atoms with Gasteiger partial charge in [-0.1, -0.05) is 30.3 Å². The average Bonchev–Trinajstić information content (AvgIpc) is 2.93. The molecular formula is C17H27N3O. The van der Waals surface area contributed by atoms with Crippen molar-refractivity contribution in [3.05, 3.63) is 35.9 Å². The van der Waals surface area contributed by atoms with E-state index in [1.807, 2.05) is 11.9 Å². The Labute approximate surface area is 128 Å². The molecule has 1 unspecified atom stereocenters. The van der Waals surface area contributed by atoms with Crippen LogP contribution in [0.3, 0.4) is 0 Å². The summed E-state index contributed by atoms with van der Waals surface area (Å²) in [5.41, 5.74) is 1.37. The van der Waals surface area contributed by atoms with Crippen LogP contribution in [0.25, 0.3) is 0 Å². The van der Waals surface area contributed by atoms with Crippen LogP contribution in [-0.2, 0) is 11.3 Å². The van der Waals surface area contributed by atoms with Crippen LogP contribution >= 0.6 is 0 Å². The topological polar surface area (TPSA) is 35.6 Å². The molecule has 1 amide bonds. The first-order chi connectivity index (χ1) is 10.2. The molecule has 1 aliphatic heterocycles. The summed E-state index contributed by atoms with van der Waals surface area (Å²) >= 11 is 0. The molecule has 0 saturated carbocycles. The maximum atomic E-state index is 12.0. The van der Waals surface area contributed by atoms with Crippen molar-refractivity contribution in [1.29, 1.82) is 0 Å². The SMILES string of the molecule is CCN(CC1CCN(Cc2ccccc2)C1)C(=O)CNC. The Morgan fingerprint density at radius 2 is 2.14 bits per heavy atom. The van der Waals surface area contributed by atoms with Gasteiger partial charge in [-0.3, -0.25) is 9.69 Å². The van der Waals surface area contributed by atoms with Crippen LogP contribution in [0.5, 0.6) is 0 Å². The maximum Gasteiger partial charge on any atom is 0.236 e. The number of likely N-dealkylation sites (tertiary alicyclic amines) is 1. The number of rotatable bonds is 7. The maximum absolute atomic E-state index is 12.0. The first-order valence-electron chi connectivity index (χ1n) is 7.91. The lowest BCUT2D eigenvalue weighted by Crippen LogP contribution is -2.40. The Balaban J connectivity index is 1.80. The van der Waals surface area contributed by atoms with Crippen molar-refractivity contribution in [1.82, 2.24) is 15.1 Å². The molecule has 1 heterocycles. The van der Waals surface area contributed by atoms with Crippen molar-refractivity contribution < 1.29 is 4.79 Å². The number of carbonyl (C=O) groups excluding carboxylic acids is 1. The van der Waals surface area contributed by atoms with Crippen molar-refractivity contribution in [2.75, 3.05) is 39.8 Å². The minimum absolute atomic E-state index is 0.210. The minimum atomic E-state index is 0.210. The minimum Gasteiger partial charge on any atom is -0.342 e. The van der Waals surface area contributed by atoms with E-state index >= 15 is 0 Å². The quantitative estimate of drug-likeness (QED) is 0.828. The molecular weight excluding hydrogens is 262 g/mol. The molecule has 1 fully saturated rings. The van der Waals surface area contributed by atoms with Gasteiger partial charge in [0.15, 0.2) is 0 Å². The molecule has 21 heavy (non-hydrogen) atoms. The molecule has 0 spiro atoms. The molecule has 1 N–H and O–H groups in total. The van der Waals surface area contributed by atoms with E-state index in [1.54, 1.807) is 0 Å². The van der Waals surface area contributed by atoms with Crippen LogP contribution in [0.4, 0.5) is 0 Å². The Kier molecular flexibility index (Phi) is 6.21. The van der Waals surface area contributed by atoms with E-state index in [0.717, 1.165) is 32.7 Å². The highest BCUT2D eigenvalue weighted by Crippen LogP contribution is 2.19. The molecule has 1 saturated heterocycles. The number of amides is 1. The Morgan fingerprint density at radius 3 is 2.81 bits per heavy atom. The second-order valence-corrected chi connectivity index (χ2v) is 5.84. The fourth-order valence-corrected chi connectivity index (χ4v) is 3.03. The van der Waals surface area contributed by atoms with Crippen molar-refractivity contribution in [3.63, 3.8) is 0 Å². The normalized spacial score (nSPS) is 18.9. The number of hydrogen-bond donors (Lipinski definition) is 1. The third-order valence-corrected chi connectivity index (χ3v) is 4.16. The Hall–Kier alpha value is -1.39. The number of nitrogens with one attached hydrogen (secondary N) is 1. The van der Waals surface area contributed by atoms with Gasteiger partial charge < -0.3 is 10.2 Å². The van der Waals surface area contributed by atoms with Gasteiger partial charge in [-0.05, 0) is 38.4 Å². The molecule has 4 nitrogen and oxygen atoms in total. The van der Waals surface area contributed by atoms with Crippen LogP contribution in [-0.4, -0.2) is 55.5 Å². The molecule has 0 aromatic heterocycles. The molecule has 1 aromatic carbocycles. The molecule has 4 heteroatoms. The molecule has 1 aliphatic rings. The van der Waals surface area contributed by atoms with Crippen LogP contribution in [0.15, 0.2) is 30.3 Å². The highest BCUT2D eigenvalue weighted by molar-refractivity contribution is 5.78. The standard InChI is InChI=1S/C17H27N3O/c1-3-20(17(21)11-18-2)14-16-9-10-19(13-16)12-15-7-5-4-6-8-15/h4-8,16,18H,3,9-14H2,1-2H3. The van der Waals surface area contributed by atoms with Gasteiger partial charge in [-0.2, -0.15) is 0 Å². The van der Waals surface area contributed by atoms with E-state index in [0.29, 0.717) is 12.5 Å². The zero-order chi connectivity index (χ0) is 15.1. The fraction of sp³-hybridized carbons (Fsp3) is 0.588. The third-order valence-electron chi connectivity index (χ3n) is 4.16. The van der Waals surface area contributed by atoms with Crippen LogP contribution in [0.2, 0.25) is 0 Å². The van der Waals surface area contributed by atoms with E-state index < -0.39 is 0 Å². The summed E-state index contributed by atoms with van der Waals surface area (Å²) in [7, 11) is 1.82. The van der Waals surface area contributed by atoms with Gasteiger partial charge in [0.2, 0.25) is 5.91 Å². The van der Waals surface area contributed by atoms with Crippen LogP contribution < -0.4 is 5.32 Å². The summed E-state index contributed by atoms with van der Waals surface area (Å²) in [5, 5.41) is 2.95. The van der Waals surface area contributed by atoms with E-state index in [-0.39, 0.29) is 5.91 Å². The molecule has 0 radical (unpaired) electrons. The number of hydrogen-bond acceptors (Lipinski definition) is 3. The zero-order valence-electron chi connectivity index (χ0n) is 13.2. The summed E-state index contributed by atoms with van der Waals surface area (Å²) in [5.74, 6) is 0.816. The second kappa shape index (κ2) is 8.15. The lowest BCUT2D eigenvalue weighted by molar-refractivity contribution is -0.130. The first kappa shape index (κ1) is 16.0. The monoisotopic (exact) mass is 289 g/mol. The summed E-state index contributed by atoms with van der Waals surface area (Å²) in [4.78, 5) is 16.5. The highest BCUT2D eigenvalue weighted by atomic mass is 16.2. The van der Waals surface area contributed by atoms with Crippen LogP contribution in [0, 0.1) is 5.92 Å². The lowest BCUT2D eigenvalue weighted by atomic mass is 10.1. The van der Waals surface area contributed by atoms with Crippen molar-refractivity contribution in [2.45, 2.75) is 19.9 Å². The Bertz CT molecular complexity index is 435. The number of likely N-dealkylation sites (N-methyl/N-ethyl adjacent to an activating group) is 2. The van der Waals surface area contributed by atoms with E-state index in [9.17, 15) is 4.79 Å². The van der Waals surface area contributed by atoms with Crippen molar-refractivity contribution >= 4 is 5.91 Å². The molecule has 1 aromatic rings.